The van der Waals surface area contributed by atoms with Crippen LogP contribution in [-0.2, 0) is 32.9 Å². The number of sulfonamides is 2. The van der Waals surface area contributed by atoms with E-state index in [-0.39, 0.29) is 34.1 Å². The van der Waals surface area contributed by atoms with E-state index in [1.165, 1.54) is 33.8 Å². The summed E-state index contributed by atoms with van der Waals surface area (Å²) < 4.78 is 62.4. The number of unbranched alkanes of at least 4 members (excludes halogenated alkanes) is 2. The third-order valence-electron chi connectivity index (χ3n) is 11.3. The maximum atomic E-state index is 14.3. The summed E-state index contributed by atoms with van der Waals surface area (Å²) in [5, 5.41) is 6.77. The molecule has 302 valence electrons. The molecular formula is C42H56N6O4S4. The monoisotopic (exact) mass is 836 g/mol. The van der Waals surface area contributed by atoms with E-state index in [4.69, 9.17) is 0 Å². The summed E-state index contributed by atoms with van der Waals surface area (Å²) in [5.74, 6) is 0. The Kier molecular flexibility index (Phi) is 13.7. The second-order valence-corrected chi connectivity index (χ2v) is 21.6. The third kappa shape index (κ3) is 9.58. The second kappa shape index (κ2) is 18.6. The molecule has 2 fully saturated rings. The molecule has 0 aliphatic heterocycles. The van der Waals surface area contributed by atoms with Crippen molar-refractivity contribution in [1.29, 1.82) is 0 Å². The highest BCUT2D eigenvalue weighted by molar-refractivity contribution is 7.91. The largest absolute Gasteiger partial charge is 0.371 e. The van der Waals surface area contributed by atoms with Gasteiger partial charge in [-0.3, -0.25) is 0 Å². The van der Waals surface area contributed by atoms with Crippen LogP contribution in [0.25, 0.3) is 20.4 Å². The van der Waals surface area contributed by atoms with Gasteiger partial charge in [0, 0.05) is 23.5 Å². The molecule has 3 aromatic carbocycles. The number of aryl methyl sites for hydroxylation is 2. The van der Waals surface area contributed by atoms with E-state index in [1.54, 1.807) is 8.61 Å². The topological polar surface area (TPSA) is 125 Å². The third-order valence-corrected chi connectivity index (χ3v) is 17.9. The summed E-state index contributed by atoms with van der Waals surface area (Å²) in [6.07, 6.45) is 15.9. The minimum Gasteiger partial charge on any atom is -0.371 e. The van der Waals surface area contributed by atoms with Gasteiger partial charge in [0.05, 0.1) is 33.8 Å². The van der Waals surface area contributed by atoms with Crippen LogP contribution >= 0.6 is 22.7 Å². The lowest BCUT2D eigenvalue weighted by molar-refractivity contribution is 0.263. The van der Waals surface area contributed by atoms with Crippen LogP contribution in [-0.4, -0.2) is 60.8 Å². The fraction of sp³-hybridized carbons (Fsp3) is 0.524. The molecule has 56 heavy (non-hydrogen) atoms. The van der Waals surface area contributed by atoms with Crippen LogP contribution in [0, 0.1) is 0 Å². The van der Waals surface area contributed by atoms with Gasteiger partial charge in [0.1, 0.15) is 0 Å². The molecule has 2 N–H and O–H groups in total. The first-order valence-electron chi connectivity index (χ1n) is 20.6. The first-order chi connectivity index (χ1) is 27.1. The molecular weight excluding hydrogens is 781 g/mol. The van der Waals surface area contributed by atoms with Gasteiger partial charge in [0.15, 0.2) is 0 Å². The zero-order valence-corrected chi connectivity index (χ0v) is 36.0. The average molecular weight is 837 g/mol. The zero-order chi connectivity index (χ0) is 39.1. The average Bonchev–Trinajstić information content (AvgIpc) is 3.86. The minimum atomic E-state index is -3.85. The van der Waals surface area contributed by atoms with Crippen LogP contribution in [0.5, 0.6) is 0 Å². The molecule has 0 radical (unpaired) electrons. The number of nitrogens with one attached hydrogen (secondary N) is 2. The van der Waals surface area contributed by atoms with E-state index >= 15 is 0 Å². The smallest absolute Gasteiger partial charge is 0.272 e. The Balaban J connectivity index is 1.05. The van der Waals surface area contributed by atoms with Gasteiger partial charge in [-0.05, 0) is 111 Å². The van der Waals surface area contributed by atoms with Crippen LogP contribution in [0.3, 0.4) is 0 Å². The molecule has 10 nitrogen and oxygen atoms in total. The maximum Gasteiger partial charge on any atom is 0.272 e. The molecule has 5 aromatic rings. The Labute approximate surface area is 341 Å². The number of benzene rings is 3. The molecule has 7 rings (SSSR count). The van der Waals surface area contributed by atoms with Gasteiger partial charge in [-0.1, -0.05) is 77.3 Å². The highest BCUT2D eigenvalue weighted by Gasteiger charge is 2.36. The SMILES string of the molecule is CCCCc1ccc2sc(S(=O)(=O)N(CNc3ccc(NCN(C4CCCCC4)S(=O)(=O)c4nc5cc(CCCC)ccc5s4)cc3)C3CCCCC3)nc2c1. The van der Waals surface area contributed by atoms with E-state index in [9.17, 15) is 16.8 Å². The summed E-state index contributed by atoms with van der Waals surface area (Å²) in [6, 6.07) is 19.7. The second-order valence-electron chi connectivity index (χ2n) is 15.4. The van der Waals surface area contributed by atoms with Crippen molar-refractivity contribution in [2.45, 2.75) is 137 Å². The summed E-state index contributed by atoms with van der Waals surface area (Å²) >= 11 is 2.50. The number of fused-ring (bicyclic) bond motifs is 2. The number of thiazole rings is 2. The predicted octanol–water partition coefficient (Wildman–Crippen LogP) is 10.4. The number of hydrogen-bond donors (Lipinski definition) is 2. The number of nitrogens with zero attached hydrogens (tertiary/aromatic N) is 4. The van der Waals surface area contributed by atoms with Gasteiger partial charge in [-0.15, -0.1) is 22.7 Å². The van der Waals surface area contributed by atoms with Crippen LogP contribution in [0.2, 0.25) is 0 Å². The van der Waals surface area contributed by atoms with Crippen molar-refractivity contribution in [3.8, 4) is 0 Å². The molecule has 0 saturated heterocycles. The maximum absolute atomic E-state index is 14.3. The fourth-order valence-electron chi connectivity index (χ4n) is 8.00. The number of aromatic nitrogens is 2. The molecule has 0 bridgehead atoms. The zero-order valence-electron chi connectivity index (χ0n) is 32.7. The standard InChI is InChI=1S/C42H56N6O4S4/c1-3-5-13-31-19-25-39-37(27-31)45-41(53-39)55(49,50)47(35-15-9-7-10-16-35)29-43-33-21-23-34(24-22-33)44-30-48(36-17-11-8-12-18-36)56(51,52)42-46-38-28-32(14-6-4-2)20-26-40(38)54-42/h19-28,35-36,43-44H,3-18,29-30H2,1-2H3. The van der Waals surface area contributed by atoms with Crippen molar-refractivity contribution in [1.82, 2.24) is 18.6 Å². The first-order valence-corrected chi connectivity index (χ1v) is 25.1. The van der Waals surface area contributed by atoms with Gasteiger partial charge in [-0.2, -0.15) is 8.61 Å². The lowest BCUT2D eigenvalue weighted by Gasteiger charge is -2.33. The van der Waals surface area contributed by atoms with Crippen LogP contribution in [0.15, 0.2) is 69.3 Å². The van der Waals surface area contributed by atoms with Gasteiger partial charge in [-0.25, -0.2) is 26.8 Å². The van der Waals surface area contributed by atoms with Crippen molar-refractivity contribution >= 4 is 74.5 Å². The van der Waals surface area contributed by atoms with Gasteiger partial charge in [0.2, 0.25) is 8.68 Å². The number of hydrogen-bond acceptors (Lipinski definition) is 10. The normalized spacial score (nSPS) is 16.4. The van der Waals surface area contributed by atoms with Crippen LogP contribution in [0.1, 0.15) is 115 Å². The summed E-state index contributed by atoms with van der Waals surface area (Å²) in [4.78, 5) is 9.33. The lowest BCUT2D eigenvalue weighted by Crippen LogP contribution is -2.44. The molecule has 0 spiro atoms. The molecule has 2 aliphatic carbocycles. The lowest BCUT2D eigenvalue weighted by atomic mass is 9.96. The van der Waals surface area contributed by atoms with E-state index in [0.717, 1.165) is 135 Å². The van der Waals surface area contributed by atoms with Crippen molar-refractivity contribution in [3.63, 3.8) is 0 Å². The molecule has 14 heteroatoms. The van der Waals surface area contributed by atoms with E-state index in [1.807, 2.05) is 48.5 Å². The van der Waals surface area contributed by atoms with Crippen molar-refractivity contribution in [3.05, 3.63) is 71.8 Å². The summed E-state index contributed by atoms with van der Waals surface area (Å²) in [7, 11) is -7.70. The molecule has 2 aliphatic rings. The van der Waals surface area contributed by atoms with Crippen molar-refractivity contribution in [2.75, 3.05) is 24.0 Å². The Morgan fingerprint density at radius 1 is 0.589 bits per heavy atom. The molecule has 0 amide bonds. The van der Waals surface area contributed by atoms with E-state index < -0.39 is 20.0 Å². The number of rotatable bonds is 18. The van der Waals surface area contributed by atoms with E-state index in [2.05, 4.69) is 46.6 Å². The van der Waals surface area contributed by atoms with Gasteiger partial charge in [0.25, 0.3) is 20.0 Å². The Morgan fingerprint density at radius 2 is 0.982 bits per heavy atom. The molecule has 2 heterocycles. The highest BCUT2D eigenvalue weighted by Crippen LogP contribution is 2.35. The quantitative estimate of drug-likeness (QED) is 0.0836. The predicted molar refractivity (Wildman–Crippen MR) is 232 cm³/mol. The van der Waals surface area contributed by atoms with Crippen LogP contribution in [0.4, 0.5) is 11.4 Å². The van der Waals surface area contributed by atoms with Crippen LogP contribution < -0.4 is 10.6 Å². The highest BCUT2D eigenvalue weighted by atomic mass is 32.3. The molecule has 0 unspecified atom stereocenters. The minimum absolute atomic E-state index is 0.0967. The van der Waals surface area contributed by atoms with Gasteiger partial charge < -0.3 is 10.6 Å². The molecule has 0 atom stereocenters. The molecule has 2 aromatic heterocycles. The Morgan fingerprint density at radius 3 is 1.36 bits per heavy atom. The van der Waals surface area contributed by atoms with Crippen molar-refractivity contribution < 1.29 is 16.8 Å². The Bertz CT molecular complexity index is 2120. The number of anilines is 2. The fourth-order valence-corrected chi connectivity index (χ4v) is 13.8. The first kappa shape index (κ1) is 41.0. The van der Waals surface area contributed by atoms with Crippen molar-refractivity contribution in [2.24, 2.45) is 0 Å². The van der Waals surface area contributed by atoms with Gasteiger partial charge >= 0.3 is 0 Å². The molecule has 2 saturated carbocycles. The Hall–Kier alpha value is -3.14. The summed E-state index contributed by atoms with van der Waals surface area (Å²) in [5.41, 5.74) is 5.42. The summed E-state index contributed by atoms with van der Waals surface area (Å²) in [6.45, 7) is 4.60. The van der Waals surface area contributed by atoms with E-state index in [0.29, 0.717) is 0 Å².